The van der Waals surface area contributed by atoms with E-state index in [2.05, 4.69) is 42.8 Å². The van der Waals surface area contributed by atoms with Crippen molar-refractivity contribution in [2.45, 2.75) is 33.7 Å². The Kier molecular flexibility index (Phi) is 9.16. The molecular formula is C19H31N3O3. The molecule has 0 aliphatic rings. The summed E-state index contributed by atoms with van der Waals surface area (Å²) >= 11 is 0. The molecule has 6 heteroatoms. The summed E-state index contributed by atoms with van der Waals surface area (Å²) in [6, 6.07) is 6.64. The first kappa shape index (κ1) is 21.1. The van der Waals surface area contributed by atoms with Gasteiger partial charge in [0.1, 0.15) is 6.04 Å². The number of hydrogen-bond donors (Lipinski definition) is 1. The molecule has 0 saturated carbocycles. The molecule has 0 fully saturated rings. The molecule has 6 nitrogen and oxygen atoms in total. The standard InChI is InChI=1S/C19H31N3O3/c1-6-21(7-2)14-17(22(8-3)9-4)18(23)20-16-13-11-10-12-15(16)19(24)25-5/h10-13,17H,6-9,14H2,1-5H3,(H,20,23). The summed E-state index contributed by atoms with van der Waals surface area (Å²) in [6.07, 6.45) is 0. The number of nitrogens with zero attached hydrogens (tertiary/aromatic N) is 2. The summed E-state index contributed by atoms with van der Waals surface area (Å²) in [6.45, 7) is 12.3. The van der Waals surface area contributed by atoms with Crippen molar-refractivity contribution in [1.29, 1.82) is 0 Å². The first-order valence-corrected chi connectivity index (χ1v) is 8.96. The summed E-state index contributed by atoms with van der Waals surface area (Å²) < 4.78 is 4.80. The Bertz CT molecular complexity index is 555. The van der Waals surface area contributed by atoms with Gasteiger partial charge in [-0.15, -0.1) is 0 Å². The highest BCUT2D eigenvalue weighted by molar-refractivity contribution is 6.02. The van der Waals surface area contributed by atoms with Gasteiger partial charge in [-0.05, 0) is 38.3 Å². The molecule has 140 valence electrons. The van der Waals surface area contributed by atoms with E-state index < -0.39 is 5.97 Å². The van der Waals surface area contributed by atoms with Gasteiger partial charge in [-0.25, -0.2) is 4.79 Å². The van der Waals surface area contributed by atoms with Crippen LogP contribution in [-0.2, 0) is 9.53 Å². The number of carbonyl (C=O) groups is 2. The fourth-order valence-corrected chi connectivity index (χ4v) is 2.85. The van der Waals surface area contributed by atoms with Crippen LogP contribution >= 0.6 is 0 Å². The average Bonchev–Trinajstić information content (AvgIpc) is 2.65. The third-order valence-electron chi connectivity index (χ3n) is 4.47. The number of hydrogen-bond acceptors (Lipinski definition) is 5. The molecule has 25 heavy (non-hydrogen) atoms. The molecule has 1 rings (SSSR count). The molecule has 0 heterocycles. The molecule has 0 spiro atoms. The SMILES string of the molecule is CCN(CC)CC(C(=O)Nc1ccccc1C(=O)OC)N(CC)CC. The molecule has 0 aliphatic carbocycles. The third-order valence-corrected chi connectivity index (χ3v) is 4.47. The number of amides is 1. The van der Waals surface area contributed by atoms with Gasteiger partial charge in [0.2, 0.25) is 5.91 Å². The Morgan fingerprint density at radius 2 is 1.64 bits per heavy atom. The van der Waals surface area contributed by atoms with Crippen LogP contribution in [0.1, 0.15) is 38.1 Å². The van der Waals surface area contributed by atoms with Gasteiger partial charge in [0.25, 0.3) is 0 Å². The lowest BCUT2D eigenvalue weighted by molar-refractivity contribution is -0.121. The van der Waals surface area contributed by atoms with E-state index in [-0.39, 0.29) is 11.9 Å². The second kappa shape index (κ2) is 10.8. The Morgan fingerprint density at radius 3 is 2.16 bits per heavy atom. The fraction of sp³-hybridized carbons (Fsp3) is 0.579. The molecule has 0 bridgehead atoms. The lowest BCUT2D eigenvalue weighted by atomic mass is 10.1. The minimum Gasteiger partial charge on any atom is -0.465 e. The third kappa shape index (κ3) is 5.83. The quantitative estimate of drug-likeness (QED) is 0.658. The van der Waals surface area contributed by atoms with Crippen molar-refractivity contribution in [1.82, 2.24) is 9.80 Å². The molecule has 1 amide bonds. The number of benzene rings is 1. The number of carbonyl (C=O) groups excluding carboxylic acids is 2. The Balaban J connectivity index is 3.04. The molecule has 0 aliphatic heterocycles. The van der Waals surface area contributed by atoms with Gasteiger partial charge in [-0.1, -0.05) is 39.8 Å². The van der Waals surface area contributed by atoms with E-state index in [0.29, 0.717) is 17.8 Å². The van der Waals surface area contributed by atoms with Crippen LogP contribution in [0.2, 0.25) is 0 Å². The predicted molar refractivity (Wildman–Crippen MR) is 101 cm³/mol. The fourth-order valence-electron chi connectivity index (χ4n) is 2.85. The normalized spacial score (nSPS) is 12.3. The molecule has 0 aromatic heterocycles. The highest BCUT2D eigenvalue weighted by atomic mass is 16.5. The second-order valence-corrected chi connectivity index (χ2v) is 5.75. The van der Waals surface area contributed by atoms with Crippen molar-refractivity contribution in [2.75, 3.05) is 45.2 Å². The molecule has 1 atom stereocenters. The Labute approximate surface area is 151 Å². The minimum absolute atomic E-state index is 0.105. The van der Waals surface area contributed by atoms with Gasteiger partial charge in [-0.3, -0.25) is 9.69 Å². The molecule has 0 saturated heterocycles. The van der Waals surface area contributed by atoms with Crippen molar-refractivity contribution in [3.05, 3.63) is 29.8 Å². The zero-order valence-electron chi connectivity index (χ0n) is 16.0. The van der Waals surface area contributed by atoms with Crippen molar-refractivity contribution < 1.29 is 14.3 Å². The molecule has 1 N–H and O–H groups in total. The van der Waals surface area contributed by atoms with E-state index >= 15 is 0 Å². The molecule has 1 aromatic rings. The number of rotatable bonds is 10. The van der Waals surface area contributed by atoms with Crippen molar-refractivity contribution in [3.8, 4) is 0 Å². The van der Waals surface area contributed by atoms with E-state index in [4.69, 9.17) is 4.74 Å². The van der Waals surface area contributed by atoms with Crippen LogP contribution in [0.15, 0.2) is 24.3 Å². The molecule has 1 aromatic carbocycles. The van der Waals surface area contributed by atoms with E-state index in [1.165, 1.54) is 7.11 Å². The monoisotopic (exact) mass is 349 g/mol. The summed E-state index contributed by atoms with van der Waals surface area (Å²) in [7, 11) is 1.33. The van der Waals surface area contributed by atoms with Gasteiger partial charge in [0.15, 0.2) is 0 Å². The molecular weight excluding hydrogens is 318 g/mol. The highest BCUT2D eigenvalue weighted by Crippen LogP contribution is 2.17. The van der Waals surface area contributed by atoms with E-state index in [1.807, 2.05) is 0 Å². The van der Waals surface area contributed by atoms with Gasteiger partial charge in [0, 0.05) is 6.54 Å². The maximum Gasteiger partial charge on any atom is 0.339 e. The summed E-state index contributed by atoms with van der Waals surface area (Å²) in [5, 5.41) is 2.92. The smallest absolute Gasteiger partial charge is 0.339 e. The first-order chi connectivity index (χ1) is 12.0. The Morgan fingerprint density at radius 1 is 1.04 bits per heavy atom. The predicted octanol–water partition coefficient (Wildman–Crippen LogP) is 2.46. The van der Waals surface area contributed by atoms with Gasteiger partial charge in [-0.2, -0.15) is 0 Å². The van der Waals surface area contributed by atoms with Crippen molar-refractivity contribution in [2.24, 2.45) is 0 Å². The van der Waals surface area contributed by atoms with Crippen LogP contribution in [0.5, 0.6) is 0 Å². The van der Waals surface area contributed by atoms with Crippen LogP contribution in [0.25, 0.3) is 0 Å². The number of para-hydroxylation sites is 1. The van der Waals surface area contributed by atoms with Gasteiger partial charge >= 0.3 is 5.97 Å². The lowest BCUT2D eigenvalue weighted by Crippen LogP contribution is -2.50. The minimum atomic E-state index is -0.459. The number of anilines is 1. The van der Waals surface area contributed by atoms with Crippen LogP contribution in [-0.4, -0.2) is 67.6 Å². The number of nitrogens with one attached hydrogen (secondary N) is 1. The van der Waals surface area contributed by atoms with Crippen LogP contribution < -0.4 is 5.32 Å². The highest BCUT2D eigenvalue weighted by Gasteiger charge is 2.26. The van der Waals surface area contributed by atoms with Crippen LogP contribution in [0, 0.1) is 0 Å². The average molecular weight is 349 g/mol. The largest absolute Gasteiger partial charge is 0.465 e. The number of likely N-dealkylation sites (N-methyl/N-ethyl adjacent to an activating group) is 2. The number of methoxy groups -OCH3 is 1. The number of ether oxygens (including phenoxy) is 1. The maximum absolute atomic E-state index is 13.0. The van der Waals surface area contributed by atoms with Gasteiger partial charge in [0.05, 0.1) is 18.4 Å². The van der Waals surface area contributed by atoms with Crippen LogP contribution in [0.3, 0.4) is 0 Å². The van der Waals surface area contributed by atoms with Crippen LogP contribution in [0.4, 0.5) is 5.69 Å². The van der Waals surface area contributed by atoms with E-state index in [1.54, 1.807) is 24.3 Å². The van der Waals surface area contributed by atoms with Crippen molar-refractivity contribution in [3.63, 3.8) is 0 Å². The van der Waals surface area contributed by atoms with Crippen molar-refractivity contribution >= 4 is 17.6 Å². The van der Waals surface area contributed by atoms with Gasteiger partial charge < -0.3 is 15.0 Å². The summed E-state index contributed by atoms with van der Waals surface area (Å²) in [5.74, 6) is -0.564. The van der Waals surface area contributed by atoms with E-state index in [9.17, 15) is 9.59 Å². The Hall–Kier alpha value is -1.92. The first-order valence-electron chi connectivity index (χ1n) is 8.96. The lowest BCUT2D eigenvalue weighted by Gasteiger charge is -2.32. The topological polar surface area (TPSA) is 61.9 Å². The number of esters is 1. The maximum atomic E-state index is 13.0. The summed E-state index contributed by atoms with van der Waals surface area (Å²) in [5.41, 5.74) is 0.843. The summed E-state index contributed by atoms with van der Waals surface area (Å²) in [4.78, 5) is 29.2. The second-order valence-electron chi connectivity index (χ2n) is 5.75. The molecule has 1 unspecified atom stereocenters. The zero-order valence-corrected chi connectivity index (χ0v) is 16.0. The van der Waals surface area contributed by atoms with E-state index in [0.717, 1.165) is 26.2 Å². The molecule has 0 radical (unpaired) electrons. The zero-order chi connectivity index (χ0) is 18.8.